The average molecular weight is 350 g/mol. The van der Waals surface area contributed by atoms with Crippen LogP contribution < -0.4 is 4.74 Å². The molecule has 1 aromatic carbocycles. The van der Waals surface area contributed by atoms with Crippen LogP contribution in [0.15, 0.2) is 18.2 Å². The van der Waals surface area contributed by atoms with Gasteiger partial charge in [-0.25, -0.2) is 4.39 Å². The molecule has 5 nitrogen and oxygen atoms in total. The fraction of sp³-hybridized carbons (Fsp3) is 0.632. The van der Waals surface area contributed by atoms with Crippen molar-refractivity contribution in [2.24, 2.45) is 5.41 Å². The van der Waals surface area contributed by atoms with Crippen LogP contribution in [0.5, 0.6) is 5.75 Å². The summed E-state index contributed by atoms with van der Waals surface area (Å²) in [6, 6.07) is 5.16. The van der Waals surface area contributed by atoms with Crippen LogP contribution in [0.2, 0.25) is 0 Å². The molecule has 1 spiro atoms. The summed E-state index contributed by atoms with van der Waals surface area (Å²) in [4.78, 5) is 16.5. The summed E-state index contributed by atoms with van der Waals surface area (Å²) >= 11 is 0. The van der Waals surface area contributed by atoms with Gasteiger partial charge in [0.05, 0.1) is 20.3 Å². The molecule has 0 saturated carbocycles. The number of amides is 1. The minimum Gasteiger partial charge on any atom is -0.497 e. The number of halogens is 1. The number of ether oxygens (including phenoxy) is 2. The SMILES string of the molecule is COc1ccc(CN2CCOCC3(CC(=O)N(C(C)C)C3)C2)c(F)c1. The van der Waals surface area contributed by atoms with Gasteiger partial charge in [0, 0.05) is 55.7 Å². The van der Waals surface area contributed by atoms with Crippen molar-refractivity contribution in [2.75, 3.05) is 40.0 Å². The van der Waals surface area contributed by atoms with E-state index in [0.717, 1.165) is 13.1 Å². The van der Waals surface area contributed by atoms with Gasteiger partial charge in [0.1, 0.15) is 11.6 Å². The molecule has 2 fully saturated rings. The predicted molar refractivity (Wildman–Crippen MR) is 92.9 cm³/mol. The maximum Gasteiger partial charge on any atom is 0.223 e. The number of likely N-dealkylation sites (tertiary alicyclic amines) is 1. The highest BCUT2D eigenvalue weighted by Gasteiger charge is 2.46. The molecule has 2 heterocycles. The fourth-order valence-corrected chi connectivity index (χ4v) is 3.84. The second kappa shape index (κ2) is 7.30. The molecule has 3 rings (SSSR count). The zero-order valence-electron chi connectivity index (χ0n) is 15.3. The highest BCUT2D eigenvalue weighted by atomic mass is 19.1. The molecule has 1 aromatic rings. The molecule has 1 amide bonds. The molecule has 1 unspecified atom stereocenters. The van der Waals surface area contributed by atoms with Gasteiger partial charge in [0.2, 0.25) is 5.91 Å². The van der Waals surface area contributed by atoms with Crippen LogP contribution in [0, 0.1) is 11.2 Å². The van der Waals surface area contributed by atoms with Crippen LogP contribution in [-0.2, 0) is 16.1 Å². The van der Waals surface area contributed by atoms with Gasteiger partial charge in [-0.05, 0) is 19.9 Å². The summed E-state index contributed by atoms with van der Waals surface area (Å²) in [7, 11) is 1.53. The predicted octanol–water partition coefficient (Wildman–Crippen LogP) is 2.29. The van der Waals surface area contributed by atoms with E-state index in [-0.39, 0.29) is 23.2 Å². The van der Waals surface area contributed by atoms with E-state index in [4.69, 9.17) is 9.47 Å². The topological polar surface area (TPSA) is 42.0 Å². The third-order valence-electron chi connectivity index (χ3n) is 5.15. The molecule has 25 heavy (non-hydrogen) atoms. The van der Waals surface area contributed by atoms with Gasteiger partial charge >= 0.3 is 0 Å². The number of rotatable bonds is 4. The first-order valence-corrected chi connectivity index (χ1v) is 8.84. The Morgan fingerprint density at radius 1 is 1.36 bits per heavy atom. The molecule has 2 saturated heterocycles. The number of hydrogen-bond acceptors (Lipinski definition) is 4. The number of methoxy groups -OCH3 is 1. The highest BCUT2D eigenvalue weighted by molar-refractivity contribution is 5.79. The zero-order chi connectivity index (χ0) is 18.0. The smallest absolute Gasteiger partial charge is 0.223 e. The Hall–Kier alpha value is -1.66. The maximum absolute atomic E-state index is 14.3. The van der Waals surface area contributed by atoms with Gasteiger partial charge in [0.25, 0.3) is 0 Å². The van der Waals surface area contributed by atoms with E-state index < -0.39 is 0 Å². The number of carbonyl (C=O) groups is 1. The lowest BCUT2D eigenvalue weighted by atomic mass is 9.87. The molecule has 0 bridgehead atoms. The Kier molecular flexibility index (Phi) is 5.29. The third-order valence-corrected chi connectivity index (χ3v) is 5.15. The number of benzene rings is 1. The van der Waals surface area contributed by atoms with Crippen molar-refractivity contribution in [1.82, 2.24) is 9.80 Å². The summed E-state index contributed by atoms with van der Waals surface area (Å²) in [5.74, 6) is 0.451. The van der Waals surface area contributed by atoms with Gasteiger partial charge in [-0.2, -0.15) is 0 Å². The second-order valence-corrected chi connectivity index (χ2v) is 7.51. The van der Waals surface area contributed by atoms with Gasteiger partial charge in [-0.1, -0.05) is 6.07 Å². The van der Waals surface area contributed by atoms with E-state index in [9.17, 15) is 9.18 Å². The van der Waals surface area contributed by atoms with Crippen LogP contribution in [0.25, 0.3) is 0 Å². The van der Waals surface area contributed by atoms with Gasteiger partial charge in [-0.3, -0.25) is 9.69 Å². The monoisotopic (exact) mass is 350 g/mol. The minimum absolute atomic E-state index is 0.191. The van der Waals surface area contributed by atoms with Crippen molar-refractivity contribution in [1.29, 1.82) is 0 Å². The van der Waals surface area contributed by atoms with Crippen molar-refractivity contribution in [3.8, 4) is 5.75 Å². The molecule has 2 aliphatic rings. The van der Waals surface area contributed by atoms with Gasteiger partial charge in [-0.15, -0.1) is 0 Å². The Bertz CT molecular complexity index is 637. The molecule has 1 atom stereocenters. The Morgan fingerprint density at radius 3 is 2.80 bits per heavy atom. The van der Waals surface area contributed by atoms with E-state index in [1.54, 1.807) is 12.1 Å². The maximum atomic E-state index is 14.3. The van der Waals surface area contributed by atoms with Crippen LogP contribution in [0.4, 0.5) is 4.39 Å². The van der Waals surface area contributed by atoms with Crippen molar-refractivity contribution in [3.63, 3.8) is 0 Å². The Labute approximate surface area is 148 Å². The van der Waals surface area contributed by atoms with E-state index in [2.05, 4.69) is 4.90 Å². The molecular formula is C19H27FN2O3. The molecule has 0 aliphatic carbocycles. The van der Waals surface area contributed by atoms with Crippen molar-refractivity contribution >= 4 is 5.91 Å². The molecule has 6 heteroatoms. The minimum atomic E-state index is -0.259. The fourth-order valence-electron chi connectivity index (χ4n) is 3.84. The number of hydrogen-bond donors (Lipinski definition) is 0. The first-order valence-electron chi connectivity index (χ1n) is 8.84. The van der Waals surface area contributed by atoms with Crippen molar-refractivity contribution in [2.45, 2.75) is 32.9 Å². The molecule has 2 aliphatic heterocycles. The van der Waals surface area contributed by atoms with Crippen LogP contribution >= 0.6 is 0 Å². The first kappa shape index (κ1) is 18.1. The van der Waals surface area contributed by atoms with Gasteiger partial charge < -0.3 is 14.4 Å². The Balaban J connectivity index is 1.74. The molecule has 0 aromatic heterocycles. The average Bonchev–Trinajstić information content (AvgIpc) is 2.77. The third kappa shape index (κ3) is 3.96. The van der Waals surface area contributed by atoms with Crippen molar-refractivity contribution in [3.05, 3.63) is 29.6 Å². The van der Waals surface area contributed by atoms with E-state index in [0.29, 0.717) is 44.0 Å². The van der Waals surface area contributed by atoms with Crippen LogP contribution in [0.3, 0.4) is 0 Å². The summed E-state index contributed by atoms with van der Waals surface area (Å²) in [6.07, 6.45) is 0.507. The molecule has 0 N–H and O–H groups in total. The lowest BCUT2D eigenvalue weighted by molar-refractivity contribution is -0.129. The second-order valence-electron chi connectivity index (χ2n) is 7.51. The number of carbonyl (C=O) groups excluding carboxylic acids is 1. The zero-order valence-corrected chi connectivity index (χ0v) is 15.3. The summed E-state index contributed by atoms with van der Waals surface area (Å²) in [5.41, 5.74) is 0.448. The van der Waals surface area contributed by atoms with E-state index in [1.165, 1.54) is 13.2 Å². The lowest BCUT2D eigenvalue weighted by Gasteiger charge is -2.32. The van der Waals surface area contributed by atoms with Gasteiger partial charge in [0.15, 0.2) is 0 Å². The largest absolute Gasteiger partial charge is 0.497 e. The summed E-state index contributed by atoms with van der Waals surface area (Å²) < 4.78 is 25.2. The molecular weight excluding hydrogens is 323 g/mol. The lowest BCUT2D eigenvalue weighted by Crippen LogP contribution is -2.41. The summed E-state index contributed by atoms with van der Waals surface area (Å²) in [5, 5.41) is 0. The standard InChI is InChI=1S/C19H27FN2O3/c1-14(2)22-12-19(9-18(22)23)11-21(6-7-25-13-19)10-15-4-5-16(24-3)8-17(15)20/h4-5,8,14H,6-7,9-13H2,1-3H3. The number of nitrogens with zero attached hydrogens (tertiary/aromatic N) is 2. The molecule has 138 valence electrons. The Morgan fingerprint density at radius 2 is 2.16 bits per heavy atom. The summed E-state index contributed by atoms with van der Waals surface area (Å²) in [6.45, 7) is 7.98. The quantitative estimate of drug-likeness (QED) is 0.836. The molecule has 0 radical (unpaired) electrons. The van der Waals surface area contributed by atoms with E-state index >= 15 is 0 Å². The van der Waals surface area contributed by atoms with Crippen molar-refractivity contribution < 1.29 is 18.7 Å². The van der Waals surface area contributed by atoms with Crippen LogP contribution in [-0.4, -0.2) is 61.7 Å². The first-order chi connectivity index (χ1) is 11.9. The van der Waals surface area contributed by atoms with Crippen LogP contribution in [0.1, 0.15) is 25.8 Å². The van der Waals surface area contributed by atoms with E-state index in [1.807, 2.05) is 18.7 Å². The normalized spacial score (nSPS) is 25.0. The highest BCUT2D eigenvalue weighted by Crippen LogP contribution is 2.35.